The molecular formula is C25H33NO3. The summed E-state index contributed by atoms with van der Waals surface area (Å²) in [6.45, 7) is 11.1. The van der Waals surface area contributed by atoms with Crippen molar-refractivity contribution in [1.82, 2.24) is 0 Å². The number of hydrogen-bond acceptors (Lipinski definition) is 4. The fraction of sp³-hybridized carbons (Fsp3) is 0.440. The smallest absolute Gasteiger partial charge is 0.146 e. The van der Waals surface area contributed by atoms with Gasteiger partial charge in [-0.15, -0.1) is 6.58 Å². The van der Waals surface area contributed by atoms with Crippen LogP contribution in [0.5, 0.6) is 17.2 Å². The van der Waals surface area contributed by atoms with Gasteiger partial charge in [0.1, 0.15) is 23.9 Å². The fourth-order valence-electron chi connectivity index (χ4n) is 3.46. The molecule has 0 bridgehead atoms. The van der Waals surface area contributed by atoms with Gasteiger partial charge in [0.15, 0.2) is 0 Å². The third-order valence-electron chi connectivity index (χ3n) is 5.14. The number of hydrogen-bond donors (Lipinski definition) is 0. The second-order valence-electron chi connectivity index (χ2n) is 7.37. The maximum absolute atomic E-state index is 6.14. The number of anilines is 1. The second-order valence-corrected chi connectivity index (χ2v) is 7.37. The van der Waals surface area contributed by atoms with Crippen molar-refractivity contribution in [3.05, 3.63) is 60.7 Å². The van der Waals surface area contributed by atoms with E-state index in [9.17, 15) is 0 Å². The van der Waals surface area contributed by atoms with E-state index < -0.39 is 0 Å². The average molecular weight is 396 g/mol. The maximum atomic E-state index is 6.14. The predicted molar refractivity (Wildman–Crippen MR) is 119 cm³/mol. The summed E-state index contributed by atoms with van der Waals surface area (Å²) in [4.78, 5) is 2.34. The molecule has 0 amide bonds. The molecule has 0 saturated carbocycles. The van der Waals surface area contributed by atoms with Gasteiger partial charge in [0.2, 0.25) is 0 Å². The molecule has 29 heavy (non-hydrogen) atoms. The first-order valence-electron chi connectivity index (χ1n) is 10.8. The predicted octanol–water partition coefficient (Wildman–Crippen LogP) is 6.17. The van der Waals surface area contributed by atoms with Crippen LogP contribution in [0.2, 0.25) is 0 Å². The van der Waals surface area contributed by atoms with E-state index in [1.54, 1.807) is 0 Å². The van der Waals surface area contributed by atoms with Gasteiger partial charge >= 0.3 is 0 Å². The normalized spacial score (nSPS) is 15.4. The minimum atomic E-state index is 0.136. The van der Waals surface area contributed by atoms with Crippen LogP contribution in [-0.2, 0) is 0 Å². The standard InChI is InChI=1S/C25H33NO3/c1-4-7-16-27-21-11-9-20(10-12-21)24-19-29-25-18-22(28-17-8-5-2)13-14-23(25)26(24)15-6-3/h6,9-14,18,24H,3-5,7-8,15-17,19H2,1-2H3/t24-/m0/s1. The molecule has 2 aromatic rings. The summed E-state index contributed by atoms with van der Waals surface area (Å²) in [5.41, 5.74) is 2.29. The van der Waals surface area contributed by atoms with E-state index in [0.717, 1.165) is 68.4 Å². The zero-order valence-electron chi connectivity index (χ0n) is 17.7. The third kappa shape index (κ3) is 5.47. The summed E-state index contributed by atoms with van der Waals surface area (Å²) in [7, 11) is 0. The van der Waals surface area contributed by atoms with Crippen LogP contribution in [0.3, 0.4) is 0 Å². The van der Waals surface area contributed by atoms with E-state index in [-0.39, 0.29) is 6.04 Å². The van der Waals surface area contributed by atoms with Crippen LogP contribution in [0.15, 0.2) is 55.1 Å². The van der Waals surface area contributed by atoms with Crippen molar-refractivity contribution in [2.24, 2.45) is 0 Å². The lowest BCUT2D eigenvalue weighted by Crippen LogP contribution is -2.36. The van der Waals surface area contributed by atoms with Crippen molar-refractivity contribution in [2.45, 2.75) is 45.6 Å². The van der Waals surface area contributed by atoms with Crippen LogP contribution >= 0.6 is 0 Å². The minimum absolute atomic E-state index is 0.136. The molecule has 1 heterocycles. The van der Waals surface area contributed by atoms with E-state index in [4.69, 9.17) is 14.2 Å². The lowest BCUT2D eigenvalue weighted by molar-refractivity contribution is 0.261. The lowest BCUT2D eigenvalue weighted by atomic mass is 10.0. The molecule has 1 atom stereocenters. The summed E-state index contributed by atoms with van der Waals surface area (Å²) in [6.07, 6.45) is 6.33. The Hall–Kier alpha value is -2.62. The summed E-state index contributed by atoms with van der Waals surface area (Å²) in [5.74, 6) is 2.66. The van der Waals surface area contributed by atoms with E-state index in [2.05, 4.69) is 55.7 Å². The number of ether oxygens (including phenoxy) is 3. The van der Waals surface area contributed by atoms with Crippen molar-refractivity contribution in [2.75, 3.05) is 31.3 Å². The largest absolute Gasteiger partial charge is 0.494 e. The molecule has 0 saturated heterocycles. The van der Waals surface area contributed by atoms with Crippen LogP contribution in [0.1, 0.15) is 51.1 Å². The van der Waals surface area contributed by atoms with Crippen LogP contribution in [0, 0.1) is 0 Å². The van der Waals surface area contributed by atoms with Crippen molar-refractivity contribution < 1.29 is 14.2 Å². The minimum Gasteiger partial charge on any atom is -0.494 e. The molecule has 0 aliphatic carbocycles. The van der Waals surface area contributed by atoms with Gasteiger partial charge in [-0.3, -0.25) is 0 Å². The SMILES string of the molecule is C=CCN1c2ccc(OCCCC)cc2OC[C@H]1c1ccc(OCCCC)cc1. The van der Waals surface area contributed by atoms with Crippen LogP contribution in [-0.4, -0.2) is 26.4 Å². The average Bonchev–Trinajstić information content (AvgIpc) is 2.75. The first-order valence-corrected chi connectivity index (χ1v) is 10.8. The van der Waals surface area contributed by atoms with E-state index in [1.165, 1.54) is 5.56 Å². The van der Waals surface area contributed by atoms with Gasteiger partial charge in [-0.1, -0.05) is 44.9 Å². The Kier molecular flexibility index (Phi) is 7.85. The molecule has 0 fully saturated rings. The summed E-state index contributed by atoms with van der Waals surface area (Å²) < 4.78 is 17.8. The molecule has 0 unspecified atom stereocenters. The zero-order valence-corrected chi connectivity index (χ0v) is 17.7. The molecular weight excluding hydrogens is 362 g/mol. The highest BCUT2D eigenvalue weighted by Gasteiger charge is 2.28. The topological polar surface area (TPSA) is 30.9 Å². The quantitative estimate of drug-likeness (QED) is 0.336. The first kappa shape index (κ1) is 21.1. The molecule has 3 rings (SSSR count). The van der Waals surface area contributed by atoms with Gasteiger partial charge in [-0.05, 0) is 42.7 Å². The number of benzene rings is 2. The Bertz CT molecular complexity index is 772. The summed E-state index contributed by atoms with van der Waals surface area (Å²) >= 11 is 0. The highest BCUT2D eigenvalue weighted by atomic mass is 16.5. The molecule has 4 heteroatoms. The van der Waals surface area contributed by atoms with E-state index >= 15 is 0 Å². The van der Waals surface area contributed by atoms with Gasteiger partial charge in [0.05, 0.1) is 24.9 Å². The number of fused-ring (bicyclic) bond motifs is 1. The molecule has 0 N–H and O–H groups in total. The van der Waals surface area contributed by atoms with Crippen molar-refractivity contribution in [3.63, 3.8) is 0 Å². The van der Waals surface area contributed by atoms with Gasteiger partial charge in [0, 0.05) is 12.6 Å². The zero-order chi connectivity index (χ0) is 20.5. The number of rotatable bonds is 11. The van der Waals surface area contributed by atoms with Crippen molar-refractivity contribution in [3.8, 4) is 17.2 Å². The fourth-order valence-corrected chi connectivity index (χ4v) is 3.46. The Labute approximate surface area is 175 Å². The molecule has 1 aliphatic rings. The van der Waals surface area contributed by atoms with E-state index in [1.807, 2.05) is 18.2 Å². The Morgan fingerprint density at radius 3 is 2.31 bits per heavy atom. The molecule has 2 aromatic carbocycles. The van der Waals surface area contributed by atoms with Crippen LogP contribution in [0.25, 0.3) is 0 Å². The van der Waals surface area contributed by atoms with E-state index in [0.29, 0.717) is 6.61 Å². The Morgan fingerprint density at radius 1 is 1.00 bits per heavy atom. The van der Waals surface area contributed by atoms with Crippen molar-refractivity contribution >= 4 is 5.69 Å². The van der Waals surface area contributed by atoms with Crippen molar-refractivity contribution in [1.29, 1.82) is 0 Å². The van der Waals surface area contributed by atoms with Gasteiger partial charge < -0.3 is 19.1 Å². The van der Waals surface area contributed by atoms with Gasteiger partial charge in [0.25, 0.3) is 0 Å². The number of unbranched alkanes of at least 4 members (excludes halogenated alkanes) is 2. The van der Waals surface area contributed by atoms with Gasteiger partial charge in [-0.2, -0.15) is 0 Å². The molecule has 1 aliphatic heterocycles. The van der Waals surface area contributed by atoms with Crippen LogP contribution in [0.4, 0.5) is 5.69 Å². The molecule has 0 aromatic heterocycles. The monoisotopic (exact) mass is 395 g/mol. The number of nitrogens with zero attached hydrogens (tertiary/aromatic N) is 1. The lowest BCUT2D eigenvalue weighted by Gasteiger charge is -2.38. The third-order valence-corrected chi connectivity index (χ3v) is 5.14. The molecule has 156 valence electrons. The summed E-state index contributed by atoms with van der Waals surface area (Å²) in [6, 6.07) is 14.6. The maximum Gasteiger partial charge on any atom is 0.146 e. The highest BCUT2D eigenvalue weighted by Crippen LogP contribution is 2.41. The Balaban J connectivity index is 1.75. The summed E-state index contributed by atoms with van der Waals surface area (Å²) in [5, 5.41) is 0. The first-order chi connectivity index (χ1) is 14.3. The Morgan fingerprint density at radius 2 is 1.66 bits per heavy atom. The van der Waals surface area contributed by atoms with Gasteiger partial charge in [-0.25, -0.2) is 0 Å². The highest BCUT2D eigenvalue weighted by molar-refractivity contribution is 5.64. The molecule has 4 nitrogen and oxygen atoms in total. The molecule has 0 radical (unpaired) electrons. The second kappa shape index (κ2) is 10.8. The van der Waals surface area contributed by atoms with Crippen LogP contribution < -0.4 is 19.1 Å². The molecule has 0 spiro atoms.